The van der Waals surface area contributed by atoms with Crippen LogP contribution in [0, 0.1) is 0 Å². The zero-order valence-electron chi connectivity index (χ0n) is 12.5. The molecule has 0 heterocycles. The summed E-state index contributed by atoms with van der Waals surface area (Å²) >= 11 is 0. The van der Waals surface area contributed by atoms with Crippen molar-refractivity contribution in [3.05, 3.63) is 29.8 Å². The fourth-order valence-corrected chi connectivity index (χ4v) is 2.20. The predicted molar refractivity (Wildman–Crippen MR) is 82.9 cm³/mol. The van der Waals surface area contributed by atoms with E-state index in [0.717, 1.165) is 25.2 Å². The lowest BCUT2D eigenvalue weighted by Gasteiger charge is -2.22. The average molecular weight is 275 g/mol. The van der Waals surface area contributed by atoms with Gasteiger partial charge in [-0.15, -0.1) is 0 Å². The summed E-state index contributed by atoms with van der Waals surface area (Å²) in [4.78, 5) is 13.8. The van der Waals surface area contributed by atoms with Gasteiger partial charge in [0.05, 0.1) is 6.54 Å². The highest BCUT2D eigenvalue weighted by Crippen LogP contribution is 2.22. The molecule has 0 unspecified atom stereocenters. The van der Waals surface area contributed by atoms with E-state index in [4.69, 9.17) is 0 Å². The van der Waals surface area contributed by atoms with Crippen molar-refractivity contribution in [3.8, 4) is 0 Å². The van der Waals surface area contributed by atoms with Crippen molar-refractivity contribution in [1.82, 2.24) is 10.6 Å². The highest BCUT2D eigenvalue weighted by molar-refractivity contribution is 5.81. The number of anilines is 1. The Kier molecular flexibility index (Phi) is 5.41. The molecule has 0 atom stereocenters. The molecule has 0 bridgehead atoms. The molecule has 2 N–H and O–H groups in total. The topological polar surface area (TPSA) is 44.4 Å². The third kappa shape index (κ3) is 4.53. The number of carbonyl (C=O) groups is 1. The van der Waals surface area contributed by atoms with Crippen LogP contribution in [0.4, 0.5) is 5.69 Å². The van der Waals surface area contributed by atoms with Crippen LogP contribution in [0.2, 0.25) is 0 Å². The van der Waals surface area contributed by atoms with Crippen LogP contribution < -0.4 is 15.5 Å². The minimum absolute atomic E-state index is 0.0827. The molecule has 0 saturated heterocycles. The van der Waals surface area contributed by atoms with Gasteiger partial charge in [-0.3, -0.25) is 4.79 Å². The van der Waals surface area contributed by atoms with E-state index in [2.05, 4.69) is 35.8 Å². The lowest BCUT2D eigenvalue weighted by atomic mass is 10.1. The smallest absolute Gasteiger partial charge is 0.239 e. The number of nitrogens with zero attached hydrogens (tertiary/aromatic N) is 1. The molecule has 0 radical (unpaired) electrons. The second-order valence-corrected chi connectivity index (χ2v) is 5.49. The monoisotopic (exact) mass is 275 g/mol. The van der Waals surface area contributed by atoms with Crippen LogP contribution in [0.15, 0.2) is 24.3 Å². The second-order valence-electron chi connectivity index (χ2n) is 5.49. The highest BCUT2D eigenvalue weighted by atomic mass is 16.2. The fourth-order valence-electron chi connectivity index (χ4n) is 2.20. The first-order chi connectivity index (χ1) is 9.70. The summed E-state index contributed by atoms with van der Waals surface area (Å²) in [5.74, 6) is 0.0827. The minimum Gasteiger partial charge on any atom is -0.365 e. The van der Waals surface area contributed by atoms with Crippen molar-refractivity contribution in [3.63, 3.8) is 0 Å². The molecule has 20 heavy (non-hydrogen) atoms. The number of nitrogens with one attached hydrogen (secondary N) is 2. The van der Waals surface area contributed by atoms with Gasteiger partial charge in [0, 0.05) is 31.9 Å². The van der Waals surface area contributed by atoms with Crippen molar-refractivity contribution in [2.45, 2.75) is 38.8 Å². The Balaban J connectivity index is 1.93. The maximum atomic E-state index is 11.8. The van der Waals surface area contributed by atoms with Gasteiger partial charge in [0.1, 0.15) is 0 Å². The first kappa shape index (κ1) is 14.9. The molecular formula is C16H25N3O. The van der Waals surface area contributed by atoms with Crippen molar-refractivity contribution < 1.29 is 4.79 Å². The Morgan fingerprint density at radius 3 is 2.80 bits per heavy atom. The van der Waals surface area contributed by atoms with Crippen molar-refractivity contribution in [2.24, 2.45) is 0 Å². The third-order valence-electron chi connectivity index (χ3n) is 3.51. The molecule has 4 heteroatoms. The van der Waals surface area contributed by atoms with Gasteiger partial charge in [-0.2, -0.15) is 0 Å². The Morgan fingerprint density at radius 2 is 2.10 bits per heavy atom. The number of carbonyl (C=O) groups excluding carboxylic acids is 1. The summed E-state index contributed by atoms with van der Waals surface area (Å²) in [5, 5.41) is 6.45. The number of amides is 1. The van der Waals surface area contributed by atoms with Crippen LogP contribution in [-0.2, 0) is 11.3 Å². The number of hydrogen-bond donors (Lipinski definition) is 2. The molecule has 1 aromatic carbocycles. The maximum absolute atomic E-state index is 11.8. The van der Waals surface area contributed by atoms with Gasteiger partial charge in [0.15, 0.2) is 0 Å². The predicted octanol–water partition coefficient (Wildman–Crippen LogP) is 1.90. The largest absolute Gasteiger partial charge is 0.365 e. The lowest BCUT2D eigenvalue weighted by Crippen LogP contribution is -2.36. The molecular weight excluding hydrogens is 250 g/mol. The van der Waals surface area contributed by atoms with E-state index in [0.29, 0.717) is 12.6 Å². The number of para-hydroxylation sites is 1. The Morgan fingerprint density at radius 1 is 1.35 bits per heavy atom. The molecule has 0 aromatic heterocycles. The van der Waals surface area contributed by atoms with E-state index in [-0.39, 0.29) is 5.91 Å². The zero-order chi connectivity index (χ0) is 14.4. The molecule has 1 fully saturated rings. The Hall–Kier alpha value is -1.55. The van der Waals surface area contributed by atoms with E-state index in [1.54, 1.807) is 0 Å². The SMILES string of the molecule is CCCNC(=O)CN(C)c1ccccc1CNC1CC1. The summed E-state index contributed by atoms with van der Waals surface area (Å²) in [6, 6.07) is 8.98. The molecule has 0 spiro atoms. The van der Waals surface area contributed by atoms with Crippen molar-refractivity contribution in [1.29, 1.82) is 0 Å². The van der Waals surface area contributed by atoms with Gasteiger partial charge >= 0.3 is 0 Å². The molecule has 2 rings (SSSR count). The quantitative estimate of drug-likeness (QED) is 0.761. The first-order valence-electron chi connectivity index (χ1n) is 7.50. The minimum atomic E-state index is 0.0827. The summed E-state index contributed by atoms with van der Waals surface area (Å²) in [6.45, 7) is 4.09. The van der Waals surface area contributed by atoms with Crippen LogP contribution in [0.1, 0.15) is 31.7 Å². The van der Waals surface area contributed by atoms with E-state index < -0.39 is 0 Å². The van der Waals surface area contributed by atoms with Gasteiger partial charge in [0.25, 0.3) is 0 Å². The van der Waals surface area contributed by atoms with Gasteiger partial charge < -0.3 is 15.5 Å². The fraction of sp³-hybridized carbons (Fsp3) is 0.562. The number of hydrogen-bond acceptors (Lipinski definition) is 3. The van der Waals surface area contributed by atoms with Crippen molar-refractivity contribution >= 4 is 11.6 Å². The van der Waals surface area contributed by atoms with Gasteiger partial charge in [-0.05, 0) is 30.9 Å². The molecule has 110 valence electrons. The zero-order valence-corrected chi connectivity index (χ0v) is 12.5. The molecule has 1 aromatic rings. The standard InChI is InChI=1S/C16H25N3O/c1-3-10-17-16(20)12-19(2)15-7-5-4-6-13(15)11-18-14-8-9-14/h4-7,14,18H,3,8-12H2,1-2H3,(H,17,20). The van der Waals surface area contributed by atoms with Gasteiger partial charge in [0.2, 0.25) is 5.91 Å². The van der Waals surface area contributed by atoms with Crippen molar-refractivity contribution in [2.75, 3.05) is 25.0 Å². The summed E-state index contributed by atoms with van der Waals surface area (Å²) in [7, 11) is 1.97. The third-order valence-corrected chi connectivity index (χ3v) is 3.51. The maximum Gasteiger partial charge on any atom is 0.239 e. The van der Waals surface area contributed by atoms with E-state index in [1.165, 1.54) is 18.4 Å². The highest BCUT2D eigenvalue weighted by Gasteiger charge is 2.20. The summed E-state index contributed by atoms with van der Waals surface area (Å²) in [5.41, 5.74) is 2.39. The molecule has 1 aliphatic rings. The van der Waals surface area contributed by atoms with Crippen LogP contribution >= 0.6 is 0 Å². The summed E-state index contributed by atoms with van der Waals surface area (Å²) in [6.07, 6.45) is 3.55. The molecule has 1 saturated carbocycles. The van der Waals surface area contributed by atoms with Gasteiger partial charge in [-0.1, -0.05) is 25.1 Å². The normalized spacial score (nSPS) is 14.1. The van der Waals surface area contributed by atoms with Crippen LogP contribution in [0.25, 0.3) is 0 Å². The molecule has 4 nitrogen and oxygen atoms in total. The van der Waals surface area contributed by atoms with E-state index in [1.807, 2.05) is 18.0 Å². The van der Waals surface area contributed by atoms with Gasteiger partial charge in [-0.25, -0.2) is 0 Å². The Bertz CT molecular complexity index is 443. The molecule has 0 aliphatic heterocycles. The number of benzene rings is 1. The number of likely N-dealkylation sites (N-methyl/N-ethyl adjacent to an activating group) is 1. The lowest BCUT2D eigenvalue weighted by molar-refractivity contribution is -0.119. The molecule has 1 amide bonds. The second kappa shape index (κ2) is 7.29. The Labute approximate surface area is 121 Å². The summed E-state index contributed by atoms with van der Waals surface area (Å²) < 4.78 is 0. The number of rotatable bonds is 8. The van der Waals surface area contributed by atoms with E-state index in [9.17, 15) is 4.79 Å². The first-order valence-corrected chi connectivity index (χ1v) is 7.50. The molecule has 1 aliphatic carbocycles. The van der Waals surface area contributed by atoms with Crippen LogP contribution in [0.3, 0.4) is 0 Å². The van der Waals surface area contributed by atoms with E-state index >= 15 is 0 Å². The van der Waals surface area contributed by atoms with Crippen LogP contribution in [0.5, 0.6) is 0 Å². The van der Waals surface area contributed by atoms with Crippen LogP contribution in [-0.4, -0.2) is 32.1 Å². The average Bonchev–Trinajstić information content (AvgIpc) is 3.27.